The summed E-state index contributed by atoms with van der Waals surface area (Å²) in [5, 5.41) is 9.00. The lowest BCUT2D eigenvalue weighted by Crippen LogP contribution is -2.03. The number of aromatic amines is 2. The summed E-state index contributed by atoms with van der Waals surface area (Å²) in [7, 11) is 0. The van der Waals surface area contributed by atoms with Crippen molar-refractivity contribution in [3.63, 3.8) is 0 Å². The first-order valence-corrected chi connectivity index (χ1v) is 6.32. The number of rotatable bonds is 3. The van der Waals surface area contributed by atoms with Crippen molar-refractivity contribution in [1.29, 1.82) is 0 Å². The van der Waals surface area contributed by atoms with E-state index in [4.69, 9.17) is 5.11 Å². The number of nitrogens with zero attached hydrogens (tertiary/aromatic N) is 1. The van der Waals surface area contributed by atoms with Gasteiger partial charge in [-0.05, 0) is 24.3 Å². The maximum Gasteiger partial charge on any atom is 0.338 e. The smallest absolute Gasteiger partial charge is 0.338 e. The molecule has 110 valence electrons. The van der Waals surface area contributed by atoms with Crippen molar-refractivity contribution in [2.75, 3.05) is 0 Å². The number of imidazole rings is 1. The van der Waals surface area contributed by atoms with Gasteiger partial charge in [-0.1, -0.05) is 0 Å². The molecule has 0 aliphatic heterocycles. The first kappa shape index (κ1) is 13.7. The average molecular weight is 299 g/mol. The molecule has 0 radical (unpaired) electrons. The van der Waals surface area contributed by atoms with Crippen molar-refractivity contribution in [3.05, 3.63) is 64.6 Å². The molecular weight excluding hydrogens is 289 g/mol. The summed E-state index contributed by atoms with van der Waals surface area (Å²) >= 11 is 0. The molecule has 0 aliphatic carbocycles. The molecule has 2 aromatic heterocycles. The highest BCUT2D eigenvalue weighted by Crippen LogP contribution is 2.29. The molecule has 0 aliphatic rings. The highest BCUT2D eigenvalue weighted by atomic mass is 19.1. The molecule has 6 nitrogen and oxygen atoms in total. The Morgan fingerprint density at radius 1 is 1.14 bits per heavy atom. The lowest BCUT2D eigenvalue weighted by atomic mass is 10.0. The molecule has 0 saturated carbocycles. The predicted octanol–water partition coefficient (Wildman–Crippen LogP) is 2.27. The number of H-pyrrole nitrogens is 2. The zero-order valence-corrected chi connectivity index (χ0v) is 11.1. The van der Waals surface area contributed by atoms with E-state index in [1.165, 1.54) is 30.7 Å². The van der Waals surface area contributed by atoms with Crippen LogP contribution in [-0.4, -0.2) is 26.0 Å². The molecule has 3 N–H and O–H groups in total. The highest BCUT2D eigenvalue weighted by molar-refractivity contribution is 5.90. The summed E-state index contributed by atoms with van der Waals surface area (Å²) in [5.74, 6) is -2.17. The fourth-order valence-corrected chi connectivity index (χ4v) is 2.17. The third kappa shape index (κ3) is 2.39. The number of hydrogen-bond acceptors (Lipinski definition) is 3. The monoisotopic (exact) mass is 299 g/mol. The third-order valence-corrected chi connectivity index (χ3v) is 3.17. The van der Waals surface area contributed by atoms with Crippen molar-refractivity contribution in [2.24, 2.45) is 0 Å². The van der Waals surface area contributed by atoms with Crippen LogP contribution in [0.1, 0.15) is 10.4 Å². The minimum Gasteiger partial charge on any atom is -0.478 e. The number of aromatic nitrogens is 3. The van der Waals surface area contributed by atoms with Crippen LogP contribution in [0.3, 0.4) is 0 Å². The van der Waals surface area contributed by atoms with E-state index in [-0.39, 0.29) is 5.56 Å². The quantitative estimate of drug-likeness (QED) is 0.690. The maximum atomic E-state index is 13.5. The van der Waals surface area contributed by atoms with E-state index in [9.17, 15) is 14.0 Å². The molecular formula is C15H10FN3O3. The van der Waals surface area contributed by atoms with Crippen molar-refractivity contribution in [1.82, 2.24) is 15.0 Å². The van der Waals surface area contributed by atoms with E-state index in [1.54, 1.807) is 6.07 Å². The standard InChI is InChI=1S/C15H10FN3O3/c16-11-2-1-8(5-10(11)15(21)22)13-14(19-7-18-13)9-3-4-17-12(20)6-9/h1-7H,(H,17,20)(H,18,19)(H,21,22). The van der Waals surface area contributed by atoms with Gasteiger partial charge in [-0.15, -0.1) is 0 Å². The van der Waals surface area contributed by atoms with E-state index in [0.717, 1.165) is 6.07 Å². The number of benzene rings is 1. The van der Waals surface area contributed by atoms with Crippen LogP contribution in [0.5, 0.6) is 0 Å². The second-order valence-corrected chi connectivity index (χ2v) is 4.57. The number of carboxylic acids is 1. The van der Waals surface area contributed by atoms with E-state index < -0.39 is 17.3 Å². The van der Waals surface area contributed by atoms with Gasteiger partial charge in [0, 0.05) is 23.4 Å². The van der Waals surface area contributed by atoms with Crippen LogP contribution in [0.2, 0.25) is 0 Å². The van der Waals surface area contributed by atoms with Crippen molar-refractivity contribution >= 4 is 5.97 Å². The Labute approximate surface area is 123 Å². The summed E-state index contributed by atoms with van der Waals surface area (Å²) in [4.78, 5) is 32.0. The Morgan fingerprint density at radius 2 is 1.95 bits per heavy atom. The normalized spacial score (nSPS) is 10.6. The summed E-state index contributed by atoms with van der Waals surface area (Å²) < 4.78 is 13.5. The maximum absolute atomic E-state index is 13.5. The second-order valence-electron chi connectivity index (χ2n) is 4.57. The van der Waals surface area contributed by atoms with E-state index in [0.29, 0.717) is 22.5 Å². The van der Waals surface area contributed by atoms with Crippen LogP contribution < -0.4 is 5.56 Å². The van der Waals surface area contributed by atoms with Gasteiger partial charge in [0.05, 0.1) is 23.3 Å². The molecule has 1 aromatic carbocycles. The molecule has 2 heterocycles. The van der Waals surface area contributed by atoms with E-state index in [1.807, 2.05) is 0 Å². The molecule has 0 spiro atoms. The fraction of sp³-hybridized carbons (Fsp3) is 0. The molecule has 0 unspecified atom stereocenters. The molecule has 3 aromatic rings. The van der Waals surface area contributed by atoms with Gasteiger partial charge in [0.25, 0.3) is 0 Å². The van der Waals surface area contributed by atoms with Crippen LogP contribution >= 0.6 is 0 Å². The molecule has 0 bridgehead atoms. The molecule has 0 saturated heterocycles. The Balaban J connectivity index is 2.15. The summed E-state index contributed by atoms with van der Waals surface area (Å²) in [6, 6.07) is 6.80. The molecule has 0 amide bonds. The van der Waals surface area contributed by atoms with Gasteiger partial charge < -0.3 is 15.1 Å². The van der Waals surface area contributed by atoms with Gasteiger partial charge in [-0.2, -0.15) is 0 Å². The zero-order valence-electron chi connectivity index (χ0n) is 11.1. The minimum absolute atomic E-state index is 0.275. The first-order valence-electron chi connectivity index (χ1n) is 6.32. The number of aromatic carboxylic acids is 1. The number of carboxylic acid groups (broad SMARTS) is 1. The first-order chi connectivity index (χ1) is 10.6. The predicted molar refractivity (Wildman–Crippen MR) is 77.0 cm³/mol. The summed E-state index contributed by atoms with van der Waals surface area (Å²) in [6.45, 7) is 0. The van der Waals surface area contributed by atoms with E-state index >= 15 is 0 Å². The van der Waals surface area contributed by atoms with Gasteiger partial charge in [-0.25, -0.2) is 14.2 Å². The topological polar surface area (TPSA) is 98.8 Å². The van der Waals surface area contributed by atoms with Gasteiger partial charge in [0.2, 0.25) is 5.56 Å². The van der Waals surface area contributed by atoms with Gasteiger partial charge in [0.15, 0.2) is 0 Å². The van der Waals surface area contributed by atoms with Crippen molar-refractivity contribution in [2.45, 2.75) is 0 Å². The van der Waals surface area contributed by atoms with Crippen LogP contribution in [0, 0.1) is 5.82 Å². The van der Waals surface area contributed by atoms with Gasteiger partial charge in [0.1, 0.15) is 5.82 Å². The van der Waals surface area contributed by atoms with Crippen molar-refractivity contribution in [3.8, 4) is 22.5 Å². The third-order valence-electron chi connectivity index (χ3n) is 3.17. The highest BCUT2D eigenvalue weighted by Gasteiger charge is 2.16. The number of nitrogens with one attached hydrogen (secondary N) is 2. The molecule has 7 heteroatoms. The molecule has 0 fully saturated rings. The lowest BCUT2D eigenvalue weighted by molar-refractivity contribution is 0.0692. The lowest BCUT2D eigenvalue weighted by Gasteiger charge is -2.05. The molecule has 3 rings (SSSR count). The Kier molecular flexibility index (Phi) is 3.30. The number of hydrogen-bond donors (Lipinski definition) is 3. The Hall–Kier alpha value is -3.22. The van der Waals surface area contributed by atoms with Crippen LogP contribution in [0.15, 0.2) is 47.7 Å². The fourth-order valence-electron chi connectivity index (χ4n) is 2.17. The number of halogens is 1. The Bertz CT molecular complexity index is 914. The second kappa shape index (κ2) is 5.28. The minimum atomic E-state index is -1.35. The summed E-state index contributed by atoms with van der Waals surface area (Å²) in [6.07, 6.45) is 2.92. The SMILES string of the molecule is O=C(O)c1cc(-c2nc[nH]c2-c2cc[nH]c(=O)c2)ccc1F. The van der Waals surface area contributed by atoms with Crippen LogP contribution in [-0.2, 0) is 0 Å². The van der Waals surface area contributed by atoms with E-state index in [2.05, 4.69) is 15.0 Å². The van der Waals surface area contributed by atoms with Gasteiger partial charge in [-0.3, -0.25) is 4.79 Å². The number of pyridine rings is 1. The Morgan fingerprint density at radius 3 is 2.68 bits per heavy atom. The zero-order chi connectivity index (χ0) is 15.7. The summed E-state index contributed by atoms with van der Waals surface area (Å²) in [5.41, 5.74) is 1.32. The molecule has 0 atom stereocenters. The average Bonchev–Trinajstić information content (AvgIpc) is 2.97. The van der Waals surface area contributed by atoms with Gasteiger partial charge >= 0.3 is 5.97 Å². The van der Waals surface area contributed by atoms with Crippen molar-refractivity contribution < 1.29 is 14.3 Å². The molecule has 22 heavy (non-hydrogen) atoms. The largest absolute Gasteiger partial charge is 0.478 e. The number of carbonyl (C=O) groups is 1. The van der Waals surface area contributed by atoms with Crippen LogP contribution in [0.4, 0.5) is 4.39 Å². The van der Waals surface area contributed by atoms with Crippen LogP contribution in [0.25, 0.3) is 22.5 Å².